The summed E-state index contributed by atoms with van der Waals surface area (Å²) < 4.78 is 13.2. The molecule has 1 aliphatic heterocycles. The van der Waals surface area contributed by atoms with Crippen molar-refractivity contribution in [2.24, 2.45) is 23.7 Å². The molecule has 0 radical (unpaired) electrons. The van der Waals surface area contributed by atoms with Gasteiger partial charge in [0.25, 0.3) is 0 Å². The van der Waals surface area contributed by atoms with Crippen LogP contribution in [0.2, 0.25) is 0 Å². The van der Waals surface area contributed by atoms with Crippen LogP contribution in [0.15, 0.2) is 182 Å². The zero-order valence-electron chi connectivity index (χ0n) is 35.4. The third kappa shape index (κ3) is 5.48. The van der Waals surface area contributed by atoms with E-state index in [1.54, 1.807) is 0 Å². The topological polar surface area (TPSA) is 44.2 Å². The first kappa shape index (κ1) is 36.2. The Balaban J connectivity index is 0.920. The molecular formula is C60H44N2O2. The van der Waals surface area contributed by atoms with Gasteiger partial charge in [0.15, 0.2) is 28.8 Å². The molecule has 0 saturated heterocycles. The fourth-order valence-corrected chi connectivity index (χ4v) is 13.0. The Kier molecular flexibility index (Phi) is 7.84. The van der Waals surface area contributed by atoms with Crippen molar-refractivity contribution in [1.82, 2.24) is 9.97 Å². The lowest BCUT2D eigenvalue weighted by molar-refractivity contribution is -0.0399. The first-order valence-electron chi connectivity index (χ1n) is 23.0. The summed E-state index contributed by atoms with van der Waals surface area (Å²) in [5, 5.41) is 1.04. The largest absolute Gasteiger partial charge is 0.450 e. The van der Waals surface area contributed by atoms with Gasteiger partial charge >= 0.3 is 0 Å². The second-order valence-electron chi connectivity index (χ2n) is 18.9. The lowest BCUT2D eigenvalue weighted by Gasteiger charge is -2.61. The van der Waals surface area contributed by atoms with Crippen LogP contribution in [0, 0.1) is 23.7 Å². The monoisotopic (exact) mass is 824 g/mol. The molecule has 1 spiro atoms. The van der Waals surface area contributed by atoms with Crippen molar-refractivity contribution < 1.29 is 9.47 Å². The number of benzene rings is 8. The standard InChI is InChI=1S/C60H44N2O2/c1-3-10-38(11-4-1)40-18-20-41(21-19-40)59-61-53-33-44(23-25-49(53)58(62-59)45-15-9-14-42(31-45)39-12-5-2-6-13-39)43-22-24-48-50-34-56-57(64-55-17-8-7-16-54(55)63-56)35-52(50)60(51(48)32-43)46-27-36-26-37(29-46)30-47(60)28-36/h1-25,31-37,46-47H,26-30H2. The van der Waals surface area contributed by atoms with Gasteiger partial charge in [0.1, 0.15) is 0 Å². The Labute approximate surface area is 373 Å². The lowest BCUT2D eigenvalue weighted by atomic mass is 9.43. The second-order valence-corrected chi connectivity index (χ2v) is 18.9. The number of rotatable bonds is 5. The summed E-state index contributed by atoms with van der Waals surface area (Å²) in [5.41, 5.74) is 16.6. The highest BCUT2D eigenvalue weighted by Crippen LogP contribution is 2.70. The maximum Gasteiger partial charge on any atom is 0.170 e. The predicted molar refractivity (Wildman–Crippen MR) is 257 cm³/mol. The van der Waals surface area contributed by atoms with Crippen LogP contribution in [-0.4, -0.2) is 9.97 Å². The van der Waals surface area contributed by atoms with Crippen LogP contribution in [0.3, 0.4) is 0 Å². The van der Waals surface area contributed by atoms with Crippen LogP contribution in [0.25, 0.3) is 78.1 Å². The fraction of sp³-hybridized carbons (Fsp3) is 0.167. The van der Waals surface area contributed by atoms with E-state index < -0.39 is 0 Å². The van der Waals surface area contributed by atoms with Gasteiger partial charge in [-0.25, -0.2) is 9.97 Å². The molecule has 5 aliphatic carbocycles. The summed E-state index contributed by atoms with van der Waals surface area (Å²) >= 11 is 0. The number of fused-ring (bicyclic) bond motifs is 6. The van der Waals surface area contributed by atoms with E-state index in [9.17, 15) is 0 Å². The van der Waals surface area contributed by atoms with E-state index in [1.807, 2.05) is 24.3 Å². The quantitative estimate of drug-likeness (QED) is 0.173. The molecule has 8 aromatic carbocycles. The average Bonchev–Trinajstić information content (AvgIpc) is 3.62. The van der Waals surface area contributed by atoms with Crippen molar-refractivity contribution in [3.8, 4) is 90.2 Å². The zero-order chi connectivity index (χ0) is 41.9. The molecule has 4 fully saturated rings. The summed E-state index contributed by atoms with van der Waals surface area (Å²) in [6.07, 6.45) is 6.65. The van der Waals surface area contributed by atoms with Crippen molar-refractivity contribution in [2.75, 3.05) is 0 Å². The Morgan fingerprint density at radius 2 is 0.906 bits per heavy atom. The highest BCUT2D eigenvalue weighted by Gasteiger charge is 2.62. The summed E-state index contributed by atoms with van der Waals surface area (Å²) in [6, 6.07) is 65.4. The van der Waals surface area contributed by atoms with Crippen molar-refractivity contribution in [3.05, 3.63) is 193 Å². The molecule has 4 bridgehead atoms. The van der Waals surface area contributed by atoms with Crippen LogP contribution < -0.4 is 9.47 Å². The van der Waals surface area contributed by atoms with E-state index in [2.05, 4.69) is 158 Å². The van der Waals surface area contributed by atoms with Gasteiger partial charge in [0.05, 0.1) is 11.2 Å². The number of para-hydroxylation sites is 2. The van der Waals surface area contributed by atoms with Gasteiger partial charge < -0.3 is 9.47 Å². The Bertz CT molecular complexity index is 3310. The highest BCUT2D eigenvalue weighted by atomic mass is 16.6. The first-order chi connectivity index (χ1) is 31.6. The summed E-state index contributed by atoms with van der Waals surface area (Å²) in [7, 11) is 0. The van der Waals surface area contributed by atoms with Gasteiger partial charge in [-0.3, -0.25) is 0 Å². The molecular weight excluding hydrogens is 781 g/mol. The minimum Gasteiger partial charge on any atom is -0.450 e. The van der Waals surface area contributed by atoms with Gasteiger partial charge in [-0.05, 0) is 160 Å². The van der Waals surface area contributed by atoms with Crippen LogP contribution in [0.1, 0.15) is 43.2 Å². The van der Waals surface area contributed by atoms with Crippen LogP contribution in [-0.2, 0) is 5.41 Å². The third-order valence-electron chi connectivity index (χ3n) is 15.5. The van der Waals surface area contributed by atoms with Gasteiger partial charge in [0, 0.05) is 21.9 Å². The number of nitrogens with zero attached hydrogens (tertiary/aromatic N) is 2. The minimum atomic E-state index is -0.0432. The molecule has 64 heavy (non-hydrogen) atoms. The van der Waals surface area contributed by atoms with Crippen molar-refractivity contribution in [2.45, 2.75) is 37.5 Å². The van der Waals surface area contributed by atoms with Crippen LogP contribution >= 0.6 is 0 Å². The summed E-state index contributed by atoms with van der Waals surface area (Å²) in [5.74, 6) is 6.84. The third-order valence-corrected chi connectivity index (χ3v) is 15.5. The number of ether oxygens (including phenoxy) is 2. The molecule has 9 aromatic rings. The summed E-state index contributed by atoms with van der Waals surface area (Å²) in [6.45, 7) is 0. The Morgan fingerprint density at radius 3 is 1.62 bits per heavy atom. The highest BCUT2D eigenvalue weighted by molar-refractivity contribution is 5.97. The molecule has 4 saturated carbocycles. The molecule has 4 nitrogen and oxygen atoms in total. The molecule has 1 aromatic heterocycles. The molecule has 6 aliphatic rings. The van der Waals surface area contributed by atoms with Gasteiger partial charge in [-0.1, -0.05) is 133 Å². The second kappa shape index (κ2) is 13.8. The van der Waals surface area contributed by atoms with Gasteiger partial charge in [0.2, 0.25) is 0 Å². The van der Waals surface area contributed by atoms with Gasteiger partial charge in [-0.2, -0.15) is 0 Å². The molecule has 2 heterocycles. The average molecular weight is 825 g/mol. The van der Waals surface area contributed by atoms with Crippen LogP contribution in [0.5, 0.6) is 23.0 Å². The summed E-state index contributed by atoms with van der Waals surface area (Å²) in [4.78, 5) is 10.7. The number of hydrogen-bond donors (Lipinski definition) is 0. The SMILES string of the molecule is c1ccc(-c2ccc(-c3nc(-c4cccc(-c5ccccc5)c4)c4ccc(-c5ccc6c(c5)C5(c7cc8c(cc7-6)Oc6ccccc6O8)C6CC7CC(C6)CC5C7)cc4n3)cc2)cc1. The molecule has 4 heteroatoms. The number of hydrogen-bond acceptors (Lipinski definition) is 4. The van der Waals surface area contributed by atoms with E-state index in [1.165, 1.54) is 82.2 Å². The fourth-order valence-electron chi connectivity index (χ4n) is 13.0. The molecule has 0 unspecified atom stereocenters. The van der Waals surface area contributed by atoms with Gasteiger partial charge in [-0.15, -0.1) is 0 Å². The normalized spacial score (nSPS) is 21.8. The maximum absolute atomic E-state index is 6.62. The first-order valence-corrected chi connectivity index (χ1v) is 23.0. The zero-order valence-corrected chi connectivity index (χ0v) is 35.4. The molecule has 15 rings (SSSR count). The van der Waals surface area contributed by atoms with Crippen molar-refractivity contribution in [3.63, 3.8) is 0 Å². The maximum atomic E-state index is 6.62. The number of aromatic nitrogens is 2. The molecule has 0 atom stereocenters. The molecule has 0 N–H and O–H groups in total. The van der Waals surface area contributed by atoms with Crippen molar-refractivity contribution in [1.29, 1.82) is 0 Å². The van der Waals surface area contributed by atoms with E-state index in [4.69, 9.17) is 19.4 Å². The predicted octanol–water partition coefficient (Wildman–Crippen LogP) is 15.6. The smallest absolute Gasteiger partial charge is 0.170 e. The van der Waals surface area contributed by atoms with E-state index in [0.29, 0.717) is 11.8 Å². The lowest BCUT2D eigenvalue weighted by Crippen LogP contribution is -2.55. The van der Waals surface area contributed by atoms with E-state index >= 15 is 0 Å². The van der Waals surface area contributed by atoms with E-state index in [-0.39, 0.29) is 5.41 Å². The minimum absolute atomic E-state index is 0.0432. The van der Waals surface area contributed by atoms with Crippen LogP contribution in [0.4, 0.5) is 0 Å². The molecule has 306 valence electrons. The van der Waals surface area contributed by atoms with Crippen molar-refractivity contribution >= 4 is 10.9 Å². The Morgan fingerprint density at radius 1 is 0.375 bits per heavy atom. The van der Waals surface area contributed by atoms with E-state index in [0.717, 1.165) is 73.9 Å². The molecule has 0 amide bonds. The Hall–Kier alpha value is -7.30.